The molecule has 0 amide bonds. The van der Waals surface area contributed by atoms with Crippen LogP contribution < -0.4 is 4.74 Å². The second kappa shape index (κ2) is 5.51. The number of methoxy groups -OCH3 is 1. The number of rotatable bonds is 2. The predicted octanol–water partition coefficient (Wildman–Crippen LogP) is 4.58. The number of halogens is 3. The van der Waals surface area contributed by atoms with E-state index in [2.05, 4.69) is 9.68 Å². The number of hydrogen-bond donors (Lipinski definition) is 0. The first-order valence-corrected chi connectivity index (χ1v) is 6.90. The lowest BCUT2D eigenvalue weighted by molar-refractivity contribution is -0.156. The molecule has 0 saturated heterocycles. The molecule has 6 heteroatoms. The number of fused-ring (bicyclic) bond motifs is 1. The van der Waals surface area contributed by atoms with Gasteiger partial charge in [0.25, 0.3) is 0 Å². The maximum Gasteiger partial charge on any atom is 0.452 e. The van der Waals surface area contributed by atoms with E-state index in [0.29, 0.717) is 25.0 Å². The van der Waals surface area contributed by atoms with Crippen molar-refractivity contribution in [3.63, 3.8) is 0 Å². The van der Waals surface area contributed by atoms with Gasteiger partial charge < -0.3 is 9.26 Å². The number of hydrogen-bond acceptors (Lipinski definition) is 3. The van der Waals surface area contributed by atoms with E-state index in [1.165, 1.54) is 0 Å². The molecule has 3 rings (SSSR count). The van der Waals surface area contributed by atoms with Crippen LogP contribution in [0.2, 0.25) is 0 Å². The Morgan fingerprint density at radius 2 is 1.91 bits per heavy atom. The highest BCUT2D eigenvalue weighted by atomic mass is 19.4. The largest absolute Gasteiger partial charge is 0.497 e. The number of alkyl halides is 3. The highest BCUT2D eigenvalue weighted by molar-refractivity contribution is 5.82. The molecule has 2 aromatic rings. The van der Waals surface area contributed by atoms with Crippen molar-refractivity contribution in [2.75, 3.05) is 7.11 Å². The van der Waals surface area contributed by atoms with Crippen molar-refractivity contribution in [2.45, 2.75) is 25.4 Å². The third-order valence-electron chi connectivity index (χ3n) is 3.68. The molecule has 0 bridgehead atoms. The topological polar surface area (TPSA) is 35.3 Å². The molecule has 0 saturated carbocycles. The lowest BCUT2D eigenvalue weighted by atomic mass is 9.90. The van der Waals surface area contributed by atoms with Gasteiger partial charge in [0, 0.05) is 5.56 Å². The molecule has 0 unspecified atom stereocenters. The van der Waals surface area contributed by atoms with E-state index in [1.54, 1.807) is 19.2 Å². The second-order valence-electron chi connectivity index (χ2n) is 5.13. The average molecular weight is 309 g/mol. The fourth-order valence-electron chi connectivity index (χ4n) is 2.63. The van der Waals surface area contributed by atoms with Crippen LogP contribution in [0.25, 0.3) is 11.6 Å². The zero-order valence-electron chi connectivity index (χ0n) is 11.9. The zero-order chi connectivity index (χ0) is 15.7. The van der Waals surface area contributed by atoms with Gasteiger partial charge in [-0.3, -0.25) is 0 Å². The minimum atomic E-state index is -4.50. The highest BCUT2D eigenvalue weighted by Crippen LogP contribution is 2.40. The Balaban J connectivity index is 1.97. The first-order chi connectivity index (χ1) is 10.5. The van der Waals surface area contributed by atoms with E-state index in [0.717, 1.165) is 16.9 Å². The van der Waals surface area contributed by atoms with Gasteiger partial charge in [0.1, 0.15) is 11.4 Å². The molecule has 116 valence electrons. The minimum Gasteiger partial charge on any atom is -0.497 e. The van der Waals surface area contributed by atoms with Crippen LogP contribution >= 0.6 is 0 Å². The van der Waals surface area contributed by atoms with Crippen molar-refractivity contribution in [1.29, 1.82) is 0 Å². The van der Waals surface area contributed by atoms with Gasteiger partial charge in [-0.05, 0) is 48.6 Å². The van der Waals surface area contributed by atoms with Gasteiger partial charge in [-0.2, -0.15) is 13.2 Å². The van der Waals surface area contributed by atoms with Crippen molar-refractivity contribution in [1.82, 2.24) is 5.16 Å². The molecule has 1 aliphatic rings. The number of nitrogens with zero attached hydrogens (tertiary/aromatic N) is 1. The summed E-state index contributed by atoms with van der Waals surface area (Å²) in [6, 6.07) is 7.32. The molecule has 0 radical (unpaired) electrons. The molecule has 22 heavy (non-hydrogen) atoms. The maximum absolute atomic E-state index is 12.9. The molecule has 0 spiro atoms. The Bertz CT molecular complexity index is 699. The lowest BCUT2D eigenvalue weighted by Gasteiger charge is -2.14. The molecule has 1 aliphatic carbocycles. The van der Waals surface area contributed by atoms with Crippen molar-refractivity contribution >= 4 is 11.6 Å². The monoisotopic (exact) mass is 309 g/mol. The predicted molar refractivity (Wildman–Crippen MR) is 75.3 cm³/mol. The zero-order valence-corrected chi connectivity index (χ0v) is 11.9. The third kappa shape index (κ3) is 2.73. The fraction of sp³-hybridized carbons (Fsp3) is 0.312. The standard InChI is InChI=1S/C16H14F3NO2/c1-21-12-7-5-10(6-8-12)9-11-3-2-4-13-14(11)20-22-15(13)16(17,18)19/h5-9H,2-4H2,1H3/b11-9+. The van der Waals surface area contributed by atoms with Crippen LogP contribution in [-0.4, -0.2) is 12.3 Å². The number of allylic oxidation sites excluding steroid dienone is 1. The summed E-state index contributed by atoms with van der Waals surface area (Å²) in [6.07, 6.45) is -0.973. The molecule has 0 atom stereocenters. The summed E-state index contributed by atoms with van der Waals surface area (Å²) in [4.78, 5) is 0. The van der Waals surface area contributed by atoms with Gasteiger partial charge in [-0.25, -0.2) is 0 Å². The summed E-state index contributed by atoms with van der Waals surface area (Å²) in [5, 5.41) is 3.65. The van der Waals surface area contributed by atoms with E-state index in [1.807, 2.05) is 18.2 Å². The van der Waals surface area contributed by atoms with Crippen LogP contribution in [0.15, 0.2) is 28.8 Å². The Kier molecular flexibility index (Phi) is 3.68. The van der Waals surface area contributed by atoms with Gasteiger partial charge in [0.05, 0.1) is 7.11 Å². The van der Waals surface area contributed by atoms with Gasteiger partial charge in [0.15, 0.2) is 0 Å². The van der Waals surface area contributed by atoms with Crippen LogP contribution in [-0.2, 0) is 12.6 Å². The molecule has 0 fully saturated rings. The van der Waals surface area contributed by atoms with Crippen LogP contribution in [0.5, 0.6) is 5.75 Å². The quantitative estimate of drug-likeness (QED) is 0.814. The van der Waals surface area contributed by atoms with Crippen molar-refractivity contribution in [3.8, 4) is 5.75 Å². The smallest absolute Gasteiger partial charge is 0.452 e. The highest BCUT2D eigenvalue weighted by Gasteiger charge is 2.41. The van der Waals surface area contributed by atoms with Gasteiger partial charge in [0.2, 0.25) is 5.76 Å². The normalized spacial score (nSPS) is 16.6. The molecular weight excluding hydrogens is 295 g/mol. The second-order valence-corrected chi connectivity index (χ2v) is 5.13. The Labute approximate surface area is 125 Å². The first-order valence-electron chi connectivity index (χ1n) is 6.90. The van der Waals surface area contributed by atoms with Gasteiger partial charge >= 0.3 is 6.18 Å². The molecule has 3 nitrogen and oxygen atoms in total. The Hall–Kier alpha value is -2.24. The van der Waals surface area contributed by atoms with Gasteiger partial charge in [-0.1, -0.05) is 17.3 Å². The summed E-state index contributed by atoms with van der Waals surface area (Å²) in [5.41, 5.74) is 2.15. The molecule has 0 aliphatic heterocycles. The Morgan fingerprint density at radius 3 is 2.55 bits per heavy atom. The lowest BCUT2D eigenvalue weighted by Crippen LogP contribution is -2.09. The van der Waals surface area contributed by atoms with E-state index in [-0.39, 0.29) is 5.56 Å². The molecular formula is C16H14F3NO2. The average Bonchev–Trinajstić information content (AvgIpc) is 2.93. The van der Waals surface area contributed by atoms with E-state index in [9.17, 15) is 13.2 Å². The molecule has 1 aromatic carbocycles. The first kappa shape index (κ1) is 14.7. The van der Waals surface area contributed by atoms with Crippen LogP contribution in [0.1, 0.15) is 35.4 Å². The molecule has 1 heterocycles. The van der Waals surface area contributed by atoms with Crippen molar-refractivity contribution in [3.05, 3.63) is 46.8 Å². The number of aromatic nitrogens is 1. The summed E-state index contributed by atoms with van der Waals surface area (Å²) in [6.45, 7) is 0. The van der Waals surface area contributed by atoms with E-state index < -0.39 is 11.9 Å². The summed E-state index contributed by atoms with van der Waals surface area (Å²) < 4.78 is 48.3. The van der Waals surface area contributed by atoms with E-state index >= 15 is 0 Å². The third-order valence-corrected chi connectivity index (χ3v) is 3.68. The van der Waals surface area contributed by atoms with Crippen molar-refractivity contribution in [2.24, 2.45) is 0 Å². The van der Waals surface area contributed by atoms with Crippen LogP contribution in [0, 0.1) is 0 Å². The van der Waals surface area contributed by atoms with Gasteiger partial charge in [-0.15, -0.1) is 0 Å². The summed E-state index contributed by atoms with van der Waals surface area (Å²) in [7, 11) is 1.58. The number of ether oxygens (including phenoxy) is 1. The fourth-order valence-corrected chi connectivity index (χ4v) is 2.63. The minimum absolute atomic E-state index is 0.165. The van der Waals surface area contributed by atoms with Crippen molar-refractivity contribution < 1.29 is 22.4 Å². The molecule has 1 aromatic heterocycles. The van der Waals surface area contributed by atoms with Crippen LogP contribution in [0.4, 0.5) is 13.2 Å². The summed E-state index contributed by atoms with van der Waals surface area (Å²) >= 11 is 0. The van der Waals surface area contributed by atoms with E-state index in [4.69, 9.17) is 4.74 Å². The maximum atomic E-state index is 12.9. The number of benzene rings is 1. The SMILES string of the molecule is COc1ccc(/C=C2\CCCc3c2noc3C(F)(F)F)cc1. The molecule has 0 N–H and O–H groups in total. The van der Waals surface area contributed by atoms with Crippen LogP contribution in [0.3, 0.4) is 0 Å². The summed E-state index contributed by atoms with van der Waals surface area (Å²) in [5.74, 6) is -0.241. The Morgan fingerprint density at radius 1 is 1.18 bits per heavy atom.